The van der Waals surface area contributed by atoms with Crippen molar-refractivity contribution in [2.75, 3.05) is 26.8 Å². The van der Waals surface area contributed by atoms with Crippen LogP contribution in [0.5, 0.6) is 11.5 Å². The van der Waals surface area contributed by atoms with Crippen LogP contribution in [0.25, 0.3) is 0 Å². The number of ether oxygens (including phenoxy) is 2. The summed E-state index contributed by atoms with van der Waals surface area (Å²) >= 11 is 0. The largest absolute Gasteiger partial charge is 0.496 e. The molecule has 0 heterocycles. The molecule has 0 spiro atoms. The van der Waals surface area contributed by atoms with Crippen LogP contribution < -0.4 is 14.8 Å². The Kier molecular flexibility index (Phi) is 6.62. The van der Waals surface area contributed by atoms with Gasteiger partial charge in [-0.25, -0.2) is 0 Å². The molecule has 3 nitrogen and oxygen atoms in total. The van der Waals surface area contributed by atoms with Gasteiger partial charge in [0.15, 0.2) is 0 Å². The molecule has 0 saturated carbocycles. The van der Waals surface area contributed by atoms with Gasteiger partial charge in [0.2, 0.25) is 0 Å². The minimum atomic E-state index is 0.742. The van der Waals surface area contributed by atoms with E-state index in [2.05, 4.69) is 11.4 Å². The van der Waals surface area contributed by atoms with Crippen molar-refractivity contribution in [1.82, 2.24) is 5.32 Å². The fraction of sp³-hybridized carbons (Fsp3) is 0.333. The van der Waals surface area contributed by atoms with E-state index in [-0.39, 0.29) is 0 Å². The van der Waals surface area contributed by atoms with E-state index in [1.807, 2.05) is 48.5 Å². The van der Waals surface area contributed by atoms with Gasteiger partial charge in [0.05, 0.1) is 13.7 Å². The average Bonchev–Trinajstić information content (AvgIpc) is 2.55. The maximum Gasteiger partial charge on any atom is 0.122 e. The van der Waals surface area contributed by atoms with Crippen LogP contribution in [0.3, 0.4) is 0 Å². The molecule has 0 fully saturated rings. The molecule has 0 unspecified atom stereocenters. The van der Waals surface area contributed by atoms with Gasteiger partial charge in [-0.2, -0.15) is 0 Å². The smallest absolute Gasteiger partial charge is 0.122 e. The van der Waals surface area contributed by atoms with Crippen molar-refractivity contribution in [3.63, 3.8) is 0 Å². The molecule has 2 rings (SSSR count). The van der Waals surface area contributed by atoms with Gasteiger partial charge in [0.25, 0.3) is 0 Å². The van der Waals surface area contributed by atoms with Crippen molar-refractivity contribution in [2.45, 2.75) is 12.8 Å². The first-order valence-electron chi connectivity index (χ1n) is 7.40. The maximum atomic E-state index is 5.65. The Bertz CT molecular complexity index is 514. The second-order valence-electron chi connectivity index (χ2n) is 4.83. The number of benzene rings is 2. The van der Waals surface area contributed by atoms with E-state index in [1.165, 1.54) is 5.56 Å². The third-order valence-corrected chi connectivity index (χ3v) is 3.27. The maximum absolute atomic E-state index is 5.65. The standard InChI is InChI=1S/C18H23NO2/c1-20-18-11-6-5-8-16(18)12-14-19-13-7-15-21-17-9-3-2-4-10-17/h2-6,8-11,19H,7,12-15H2,1H3. The minimum absolute atomic E-state index is 0.742. The van der Waals surface area contributed by atoms with Crippen LogP contribution in [0.1, 0.15) is 12.0 Å². The summed E-state index contributed by atoms with van der Waals surface area (Å²) in [6.07, 6.45) is 1.98. The fourth-order valence-corrected chi connectivity index (χ4v) is 2.16. The Labute approximate surface area is 126 Å². The molecule has 0 amide bonds. The van der Waals surface area contributed by atoms with E-state index in [9.17, 15) is 0 Å². The summed E-state index contributed by atoms with van der Waals surface area (Å²) in [4.78, 5) is 0. The first-order valence-corrected chi connectivity index (χ1v) is 7.40. The van der Waals surface area contributed by atoms with E-state index < -0.39 is 0 Å². The summed E-state index contributed by atoms with van der Waals surface area (Å²) in [5, 5.41) is 3.44. The molecule has 0 saturated heterocycles. The topological polar surface area (TPSA) is 30.5 Å². The van der Waals surface area contributed by atoms with Crippen LogP contribution in [0.15, 0.2) is 54.6 Å². The molecule has 0 radical (unpaired) electrons. The lowest BCUT2D eigenvalue weighted by molar-refractivity contribution is 0.308. The van der Waals surface area contributed by atoms with Crippen molar-refractivity contribution < 1.29 is 9.47 Å². The quantitative estimate of drug-likeness (QED) is 0.717. The molecular weight excluding hydrogens is 262 g/mol. The SMILES string of the molecule is COc1ccccc1CCNCCCOc1ccccc1. The van der Waals surface area contributed by atoms with E-state index in [0.717, 1.165) is 44.0 Å². The molecule has 0 aromatic heterocycles. The molecule has 2 aromatic carbocycles. The van der Waals surface area contributed by atoms with Crippen LogP contribution in [0.2, 0.25) is 0 Å². The lowest BCUT2D eigenvalue weighted by atomic mass is 10.1. The molecule has 2 aromatic rings. The average molecular weight is 285 g/mol. The predicted molar refractivity (Wildman–Crippen MR) is 86.1 cm³/mol. The van der Waals surface area contributed by atoms with E-state index >= 15 is 0 Å². The lowest BCUT2D eigenvalue weighted by Crippen LogP contribution is -2.20. The van der Waals surface area contributed by atoms with Gasteiger partial charge in [-0.15, -0.1) is 0 Å². The Balaban J connectivity index is 1.56. The zero-order valence-electron chi connectivity index (χ0n) is 12.5. The summed E-state index contributed by atoms with van der Waals surface area (Å²) in [7, 11) is 1.72. The van der Waals surface area contributed by atoms with Gasteiger partial charge in [0, 0.05) is 0 Å². The highest BCUT2D eigenvalue weighted by Gasteiger charge is 2.00. The summed E-state index contributed by atoms with van der Waals surface area (Å²) in [6, 6.07) is 18.1. The van der Waals surface area contributed by atoms with Crippen molar-refractivity contribution in [1.29, 1.82) is 0 Å². The molecular formula is C18H23NO2. The lowest BCUT2D eigenvalue weighted by Gasteiger charge is -2.09. The Morgan fingerprint density at radius 2 is 1.67 bits per heavy atom. The Morgan fingerprint density at radius 3 is 2.48 bits per heavy atom. The zero-order chi connectivity index (χ0) is 14.8. The summed E-state index contributed by atoms with van der Waals surface area (Å²) in [5.74, 6) is 1.90. The normalized spacial score (nSPS) is 10.3. The van der Waals surface area contributed by atoms with Gasteiger partial charge in [-0.05, 0) is 49.7 Å². The highest BCUT2D eigenvalue weighted by Crippen LogP contribution is 2.17. The molecule has 1 N–H and O–H groups in total. The van der Waals surface area contributed by atoms with Crippen molar-refractivity contribution in [3.05, 3.63) is 60.2 Å². The van der Waals surface area contributed by atoms with Crippen LogP contribution in [0, 0.1) is 0 Å². The molecule has 0 aliphatic carbocycles. The molecule has 112 valence electrons. The second-order valence-corrected chi connectivity index (χ2v) is 4.83. The fourth-order valence-electron chi connectivity index (χ4n) is 2.16. The van der Waals surface area contributed by atoms with Crippen LogP contribution in [0.4, 0.5) is 0 Å². The number of methoxy groups -OCH3 is 1. The first-order chi connectivity index (χ1) is 10.4. The Hall–Kier alpha value is -2.00. The van der Waals surface area contributed by atoms with Gasteiger partial charge in [-0.1, -0.05) is 36.4 Å². The molecule has 0 bridgehead atoms. The van der Waals surface area contributed by atoms with Crippen molar-refractivity contribution in [3.8, 4) is 11.5 Å². The number of nitrogens with one attached hydrogen (secondary N) is 1. The number of para-hydroxylation sites is 2. The van der Waals surface area contributed by atoms with Crippen molar-refractivity contribution >= 4 is 0 Å². The molecule has 0 atom stereocenters. The number of rotatable bonds is 9. The van der Waals surface area contributed by atoms with E-state index in [0.29, 0.717) is 0 Å². The van der Waals surface area contributed by atoms with E-state index in [4.69, 9.17) is 9.47 Å². The third-order valence-electron chi connectivity index (χ3n) is 3.27. The Morgan fingerprint density at radius 1 is 0.905 bits per heavy atom. The summed E-state index contributed by atoms with van der Waals surface area (Å²) in [6.45, 7) is 2.65. The van der Waals surface area contributed by atoms with E-state index in [1.54, 1.807) is 7.11 Å². The van der Waals surface area contributed by atoms with Gasteiger partial charge >= 0.3 is 0 Å². The van der Waals surface area contributed by atoms with Crippen LogP contribution >= 0.6 is 0 Å². The van der Waals surface area contributed by atoms with Crippen molar-refractivity contribution in [2.24, 2.45) is 0 Å². The van der Waals surface area contributed by atoms with Gasteiger partial charge < -0.3 is 14.8 Å². The number of hydrogen-bond donors (Lipinski definition) is 1. The third kappa shape index (κ3) is 5.48. The highest BCUT2D eigenvalue weighted by molar-refractivity contribution is 5.33. The molecule has 3 heteroatoms. The van der Waals surface area contributed by atoms with Crippen LogP contribution in [-0.4, -0.2) is 26.8 Å². The highest BCUT2D eigenvalue weighted by atomic mass is 16.5. The zero-order valence-corrected chi connectivity index (χ0v) is 12.5. The molecule has 0 aliphatic heterocycles. The predicted octanol–water partition coefficient (Wildman–Crippen LogP) is 3.30. The molecule has 21 heavy (non-hydrogen) atoms. The minimum Gasteiger partial charge on any atom is -0.496 e. The summed E-state index contributed by atoms with van der Waals surface area (Å²) in [5.41, 5.74) is 1.24. The second kappa shape index (κ2) is 9.03. The van der Waals surface area contributed by atoms with Crippen LogP contribution in [-0.2, 0) is 6.42 Å². The molecule has 0 aliphatic rings. The number of hydrogen-bond acceptors (Lipinski definition) is 3. The monoisotopic (exact) mass is 285 g/mol. The first kappa shape index (κ1) is 15.4. The van der Waals surface area contributed by atoms with Gasteiger partial charge in [-0.3, -0.25) is 0 Å². The summed E-state index contributed by atoms with van der Waals surface area (Å²) < 4.78 is 11.0. The van der Waals surface area contributed by atoms with Gasteiger partial charge in [0.1, 0.15) is 11.5 Å².